The molecule has 1 aromatic carbocycles. The molecular formula is C9H5N7. The van der Waals surface area contributed by atoms with Gasteiger partial charge in [0.1, 0.15) is 23.2 Å². The smallest absolute Gasteiger partial charge is 0.237 e. The zero-order chi connectivity index (χ0) is 11.4. The fourth-order valence-electron chi connectivity index (χ4n) is 1.15. The van der Waals surface area contributed by atoms with Gasteiger partial charge in [0.05, 0.1) is 5.69 Å². The van der Waals surface area contributed by atoms with Crippen molar-refractivity contribution in [3.8, 4) is 12.1 Å². The van der Waals surface area contributed by atoms with Crippen LogP contribution in [0.1, 0.15) is 0 Å². The maximum atomic E-state index is 8.50. The van der Waals surface area contributed by atoms with Crippen molar-refractivity contribution in [2.24, 2.45) is 5.10 Å². The first-order valence-electron chi connectivity index (χ1n) is 4.28. The van der Waals surface area contributed by atoms with Gasteiger partial charge in [-0.05, 0) is 12.1 Å². The standard InChI is InChI=1S/C9H5N7/c10-4-6(5-11)12-13-7-2-1-3-8-9(7)15-16-14-8/h1-3,13H,(H,14,15,16). The molecule has 16 heavy (non-hydrogen) atoms. The van der Waals surface area contributed by atoms with Gasteiger partial charge in [0.15, 0.2) is 0 Å². The van der Waals surface area contributed by atoms with E-state index >= 15 is 0 Å². The molecule has 0 bridgehead atoms. The van der Waals surface area contributed by atoms with Gasteiger partial charge in [-0.1, -0.05) is 6.07 Å². The van der Waals surface area contributed by atoms with Crippen LogP contribution >= 0.6 is 0 Å². The first-order chi connectivity index (χ1) is 7.85. The van der Waals surface area contributed by atoms with Gasteiger partial charge < -0.3 is 0 Å². The van der Waals surface area contributed by atoms with Gasteiger partial charge in [0.2, 0.25) is 5.71 Å². The fourth-order valence-corrected chi connectivity index (χ4v) is 1.15. The Labute approximate surface area is 90.0 Å². The van der Waals surface area contributed by atoms with Crippen LogP contribution in [0.5, 0.6) is 0 Å². The molecule has 0 fully saturated rings. The lowest BCUT2D eigenvalue weighted by molar-refractivity contribution is 0.959. The maximum Gasteiger partial charge on any atom is 0.237 e. The summed E-state index contributed by atoms with van der Waals surface area (Å²) >= 11 is 0. The number of hydrogen-bond acceptors (Lipinski definition) is 6. The number of benzene rings is 1. The molecule has 2 rings (SSSR count). The summed E-state index contributed by atoms with van der Waals surface area (Å²) in [5.74, 6) is 0. The van der Waals surface area contributed by atoms with Crippen molar-refractivity contribution < 1.29 is 0 Å². The zero-order valence-electron chi connectivity index (χ0n) is 7.97. The van der Waals surface area contributed by atoms with Crippen LogP contribution in [0.2, 0.25) is 0 Å². The Morgan fingerprint density at radius 3 is 2.88 bits per heavy atom. The molecule has 1 aromatic heterocycles. The van der Waals surface area contributed by atoms with E-state index in [4.69, 9.17) is 10.5 Å². The van der Waals surface area contributed by atoms with Crippen molar-refractivity contribution >= 4 is 22.4 Å². The number of nitriles is 2. The number of rotatable bonds is 2. The molecule has 1 heterocycles. The first kappa shape index (κ1) is 9.62. The number of H-pyrrole nitrogens is 1. The number of fused-ring (bicyclic) bond motifs is 1. The van der Waals surface area contributed by atoms with Gasteiger partial charge in [-0.15, -0.1) is 0 Å². The highest BCUT2D eigenvalue weighted by molar-refractivity contribution is 6.10. The van der Waals surface area contributed by atoms with Crippen LogP contribution in [0.3, 0.4) is 0 Å². The van der Waals surface area contributed by atoms with Crippen molar-refractivity contribution in [3.05, 3.63) is 18.2 Å². The third kappa shape index (κ3) is 1.65. The van der Waals surface area contributed by atoms with Crippen LogP contribution in [0.25, 0.3) is 11.0 Å². The average molecular weight is 211 g/mol. The van der Waals surface area contributed by atoms with Crippen molar-refractivity contribution in [2.75, 3.05) is 5.43 Å². The van der Waals surface area contributed by atoms with E-state index in [0.717, 1.165) is 0 Å². The molecule has 0 radical (unpaired) electrons. The Morgan fingerprint density at radius 2 is 2.12 bits per heavy atom. The summed E-state index contributed by atoms with van der Waals surface area (Å²) in [7, 11) is 0. The summed E-state index contributed by atoms with van der Waals surface area (Å²) in [6.07, 6.45) is 0. The van der Waals surface area contributed by atoms with Crippen LogP contribution in [-0.2, 0) is 0 Å². The molecule has 0 aliphatic heterocycles. The number of aromatic nitrogens is 3. The summed E-state index contributed by atoms with van der Waals surface area (Å²) in [6, 6.07) is 8.56. The van der Waals surface area contributed by atoms with E-state index in [1.54, 1.807) is 30.3 Å². The molecule has 0 aliphatic rings. The molecule has 0 atom stereocenters. The predicted molar refractivity (Wildman–Crippen MR) is 56.2 cm³/mol. The minimum atomic E-state index is -0.250. The highest BCUT2D eigenvalue weighted by atomic mass is 15.3. The van der Waals surface area contributed by atoms with Crippen LogP contribution in [0, 0.1) is 22.7 Å². The van der Waals surface area contributed by atoms with E-state index in [0.29, 0.717) is 16.7 Å². The lowest BCUT2D eigenvalue weighted by Gasteiger charge is -1.98. The Bertz CT molecular complexity index is 609. The van der Waals surface area contributed by atoms with E-state index < -0.39 is 0 Å². The molecule has 0 spiro atoms. The second kappa shape index (κ2) is 4.07. The summed E-state index contributed by atoms with van der Waals surface area (Å²) in [6.45, 7) is 0. The number of nitrogens with one attached hydrogen (secondary N) is 2. The van der Waals surface area contributed by atoms with Crippen LogP contribution in [0.4, 0.5) is 5.69 Å². The second-order valence-corrected chi connectivity index (χ2v) is 2.79. The Morgan fingerprint density at radius 1 is 1.31 bits per heavy atom. The van der Waals surface area contributed by atoms with E-state index in [1.807, 2.05) is 0 Å². The van der Waals surface area contributed by atoms with Crippen molar-refractivity contribution in [3.63, 3.8) is 0 Å². The highest BCUT2D eigenvalue weighted by Crippen LogP contribution is 2.18. The molecule has 0 unspecified atom stereocenters. The third-order valence-corrected chi connectivity index (χ3v) is 1.85. The minimum Gasteiger partial charge on any atom is -0.274 e. The van der Waals surface area contributed by atoms with E-state index in [1.165, 1.54) is 0 Å². The summed E-state index contributed by atoms with van der Waals surface area (Å²) in [5.41, 5.74) is 4.20. The molecule has 76 valence electrons. The number of nitrogens with zero attached hydrogens (tertiary/aromatic N) is 5. The molecular weight excluding hydrogens is 206 g/mol. The second-order valence-electron chi connectivity index (χ2n) is 2.79. The Kier molecular flexibility index (Phi) is 2.45. The van der Waals surface area contributed by atoms with Crippen molar-refractivity contribution in [2.45, 2.75) is 0 Å². The number of anilines is 1. The number of hydrogen-bond donors (Lipinski definition) is 2. The van der Waals surface area contributed by atoms with Gasteiger partial charge in [-0.25, -0.2) is 0 Å². The molecule has 0 aliphatic carbocycles. The van der Waals surface area contributed by atoms with Gasteiger partial charge >= 0.3 is 0 Å². The van der Waals surface area contributed by atoms with Crippen LogP contribution in [-0.4, -0.2) is 21.1 Å². The van der Waals surface area contributed by atoms with Gasteiger partial charge in [-0.3, -0.25) is 5.43 Å². The molecule has 2 aromatic rings. The monoisotopic (exact) mass is 211 g/mol. The fraction of sp³-hybridized carbons (Fsp3) is 0. The van der Waals surface area contributed by atoms with E-state index in [9.17, 15) is 0 Å². The lowest BCUT2D eigenvalue weighted by Crippen LogP contribution is -1.96. The van der Waals surface area contributed by atoms with E-state index in [-0.39, 0.29) is 5.71 Å². The number of hydrazone groups is 1. The lowest BCUT2D eigenvalue weighted by atomic mass is 10.3. The normalized spacial score (nSPS) is 9.12. The summed E-state index contributed by atoms with van der Waals surface area (Å²) in [5, 5.41) is 30.9. The maximum absolute atomic E-state index is 8.50. The molecule has 2 N–H and O–H groups in total. The molecule has 7 heteroatoms. The number of aromatic amines is 1. The van der Waals surface area contributed by atoms with Gasteiger partial charge in [0.25, 0.3) is 0 Å². The number of para-hydroxylation sites is 1. The van der Waals surface area contributed by atoms with Crippen LogP contribution < -0.4 is 5.43 Å². The van der Waals surface area contributed by atoms with Crippen molar-refractivity contribution in [1.29, 1.82) is 10.5 Å². The minimum absolute atomic E-state index is 0.250. The summed E-state index contributed by atoms with van der Waals surface area (Å²) < 4.78 is 0. The topological polar surface area (TPSA) is 114 Å². The quantitative estimate of drug-likeness (QED) is 0.562. The predicted octanol–water partition coefficient (Wildman–Crippen LogP) is 0.773. The first-order valence-corrected chi connectivity index (χ1v) is 4.28. The van der Waals surface area contributed by atoms with Gasteiger partial charge in [0, 0.05) is 0 Å². The molecule has 0 saturated carbocycles. The Balaban J connectivity index is 2.36. The zero-order valence-corrected chi connectivity index (χ0v) is 7.97. The molecule has 7 nitrogen and oxygen atoms in total. The SMILES string of the molecule is N#CC(C#N)=NNc1cccc2n[nH]nc12. The highest BCUT2D eigenvalue weighted by Gasteiger charge is 2.03. The van der Waals surface area contributed by atoms with Crippen molar-refractivity contribution in [1.82, 2.24) is 15.4 Å². The largest absolute Gasteiger partial charge is 0.274 e. The van der Waals surface area contributed by atoms with E-state index in [2.05, 4.69) is 25.9 Å². The summed E-state index contributed by atoms with van der Waals surface area (Å²) in [4.78, 5) is 0. The Hall–Kier alpha value is -2.93. The third-order valence-electron chi connectivity index (χ3n) is 1.85. The van der Waals surface area contributed by atoms with Crippen LogP contribution in [0.15, 0.2) is 23.3 Å². The molecule has 0 saturated heterocycles. The van der Waals surface area contributed by atoms with Gasteiger partial charge in [-0.2, -0.15) is 31.0 Å². The average Bonchev–Trinajstić information content (AvgIpc) is 2.79. The molecule has 0 amide bonds.